The van der Waals surface area contributed by atoms with Crippen LogP contribution in [0.2, 0.25) is 0 Å². The molecule has 0 aromatic heterocycles. The Hall–Kier alpha value is -0.0900. The Labute approximate surface area is 86.2 Å². The Morgan fingerprint density at radius 3 is 2.43 bits per heavy atom. The molecular weight excluding hydrogens is 198 g/mol. The summed E-state index contributed by atoms with van der Waals surface area (Å²) < 4.78 is 21.8. The summed E-state index contributed by atoms with van der Waals surface area (Å²) in [6.45, 7) is 1.65. The van der Waals surface area contributed by atoms with Crippen LogP contribution in [0, 0.1) is 11.3 Å². The SMILES string of the molecule is CS(=O)(=O)CCNCC1(C2CC2)CC1. The highest BCUT2D eigenvalue weighted by Crippen LogP contribution is 2.60. The highest BCUT2D eigenvalue weighted by atomic mass is 32.2. The standard InChI is InChI=1S/C10H19NO2S/c1-14(12,13)7-6-11-8-10(4-5-10)9-2-3-9/h9,11H,2-8H2,1H3. The molecule has 0 heterocycles. The maximum absolute atomic E-state index is 10.9. The maximum atomic E-state index is 10.9. The van der Waals surface area contributed by atoms with E-state index < -0.39 is 9.84 Å². The minimum Gasteiger partial charge on any atom is -0.315 e. The number of nitrogens with one attached hydrogen (secondary N) is 1. The van der Waals surface area contributed by atoms with Crippen LogP contribution in [0.4, 0.5) is 0 Å². The molecule has 2 rings (SSSR count). The van der Waals surface area contributed by atoms with Crippen LogP contribution >= 0.6 is 0 Å². The fraction of sp³-hybridized carbons (Fsp3) is 1.00. The molecule has 0 saturated heterocycles. The van der Waals surface area contributed by atoms with Gasteiger partial charge in [0.2, 0.25) is 0 Å². The van der Waals surface area contributed by atoms with Crippen molar-refractivity contribution in [3.8, 4) is 0 Å². The predicted octanol–water partition coefficient (Wildman–Crippen LogP) is 0.811. The molecule has 0 radical (unpaired) electrons. The van der Waals surface area contributed by atoms with Crippen molar-refractivity contribution < 1.29 is 8.42 Å². The Bertz CT molecular complexity index is 302. The molecule has 2 aliphatic rings. The van der Waals surface area contributed by atoms with E-state index in [-0.39, 0.29) is 5.75 Å². The average molecular weight is 217 g/mol. The summed E-state index contributed by atoms with van der Waals surface area (Å²) in [6.07, 6.45) is 6.79. The first kappa shape index (κ1) is 10.4. The molecule has 0 spiro atoms. The van der Waals surface area contributed by atoms with E-state index in [1.54, 1.807) is 0 Å². The summed E-state index contributed by atoms with van der Waals surface area (Å²) in [5.41, 5.74) is 0.581. The zero-order valence-electron chi connectivity index (χ0n) is 8.75. The molecule has 0 unspecified atom stereocenters. The normalized spacial score (nSPS) is 24.9. The highest BCUT2D eigenvalue weighted by molar-refractivity contribution is 7.90. The van der Waals surface area contributed by atoms with E-state index >= 15 is 0 Å². The fourth-order valence-corrected chi connectivity index (χ4v) is 2.70. The average Bonchev–Trinajstić information content (AvgIpc) is 2.87. The van der Waals surface area contributed by atoms with Gasteiger partial charge >= 0.3 is 0 Å². The van der Waals surface area contributed by atoms with E-state index in [9.17, 15) is 8.42 Å². The van der Waals surface area contributed by atoms with Crippen LogP contribution in [0.25, 0.3) is 0 Å². The molecule has 14 heavy (non-hydrogen) atoms. The van der Waals surface area contributed by atoms with Crippen LogP contribution in [-0.2, 0) is 9.84 Å². The molecule has 2 saturated carbocycles. The highest BCUT2D eigenvalue weighted by Gasteiger charge is 2.53. The summed E-state index contributed by atoms with van der Waals surface area (Å²) in [4.78, 5) is 0. The largest absolute Gasteiger partial charge is 0.315 e. The van der Waals surface area contributed by atoms with E-state index in [4.69, 9.17) is 0 Å². The zero-order chi connectivity index (χ0) is 10.2. The lowest BCUT2D eigenvalue weighted by atomic mass is 10.0. The van der Waals surface area contributed by atoms with Crippen LogP contribution in [0.5, 0.6) is 0 Å². The van der Waals surface area contributed by atoms with Crippen LogP contribution in [-0.4, -0.2) is 33.5 Å². The fourth-order valence-electron chi connectivity index (χ4n) is 2.18. The summed E-state index contributed by atoms with van der Waals surface area (Å²) in [5, 5.41) is 3.29. The monoisotopic (exact) mass is 217 g/mol. The Kier molecular flexibility index (Phi) is 2.60. The van der Waals surface area contributed by atoms with Crippen LogP contribution in [0.3, 0.4) is 0 Å². The Balaban J connectivity index is 1.63. The minimum absolute atomic E-state index is 0.272. The number of hydrogen-bond acceptors (Lipinski definition) is 3. The van der Waals surface area contributed by atoms with Crippen LogP contribution < -0.4 is 5.32 Å². The van der Waals surface area contributed by atoms with Gasteiger partial charge in [-0.1, -0.05) is 0 Å². The van der Waals surface area contributed by atoms with Crippen molar-refractivity contribution in [1.29, 1.82) is 0 Å². The van der Waals surface area contributed by atoms with Crippen molar-refractivity contribution >= 4 is 9.84 Å². The van der Waals surface area contributed by atoms with Gasteiger partial charge in [0.25, 0.3) is 0 Å². The van der Waals surface area contributed by atoms with E-state index in [0.717, 1.165) is 12.5 Å². The quantitative estimate of drug-likeness (QED) is 0.670. The third-order valence-electron chi connectivity index (χ3n) is 3.46. The topological polar surface area (TPSA) is 46.2 Å². The predicted molar refractivity (Wildman–Crippen MR) is 57.0 cm³/mol. The van der Waals surface area contributed by atoms with Gasteiger partial charge < -0.3 is 5.32 Å². The van der Waals surface area contributed by atoms with Crippen LogP contribution in [0.1, 0.15) is 25.7 Å². The maximum Gasteiger partial charge on any atom is 0.148 e. The van der Waals surface area contributed by atoms with Gasteiger partial charge in [0.1, 0.15) is 9.84 Å². The molecule has 1 N–H and O–H groups in total. The molecule has 2 fully saturated rings. The molecular formula is C10H19NO2S. The van der Waals surface area contributed by atoms with Crippen molar-refractivity contribution in [3.05, 3.63) is 0 Å². The van der Waals surface area contributed by atoms with Gasteiger partial charge in [-0.3, -0.25) is 0 Å². The van der Waals surface area contributed by atoms with Gasteiger partial charge in [-0.2, -0.15) is 0 Å². The van der Waals surface area contributed by atoms with Crippen molar-refractivity contribution in [2.45, 2.75) is 25.7 Å². The molecule has 2 aliphatic carbocycles. The van der Waals surface area contributed by atoms with E-state index in [0.29, 0.717) is 12.0 Å². The first-order chi connectivity index (χ1) is 6.52. The van der Waals surface area contributed by atoms with E-state index in [2.05, 4.69) is 5.32 Å². The molecule has 0 atom stereocenters. The molecule has 0 bridgehead atoms. The molecule has 0 aromatic carbocycles. The molecule has 0 aliphatic heterocycles. The molecule has 0 amide bonds. The van der Waals surface area contributed by atoms with Gasteiger partial charge in [0.15, 0.2) is 0 Å². The lowest BCUT2D eigenvalue weighted by molar-refractivity contribution is 0.409. The molecule has 3 nitrogen and oxygen atoms in total. The first-order valence-corrected chi connectivity index (χ1v) is 7.46. The lowest BCUT2D eigenvalue weighted by Crippen LogP contribution is -2.29. The van der Waals surface area contributed by atoms with Gasteiger partial charge in [0, 0.05) is 19.3 Å². The third-order valence-corrected chi connectivity index (χ3v) is 4.41. The van der Waals surface area contributed by atoms with Crippen molar-refractivity contribution in [2.24, 2.45) is 11.3 Å². The van der Waals surface area contributed by atoms with Gasteiger partial charge in [-0.15, -0.1) is 0 Å². The van der Waals surface area contributed by atoms with Crippen molar-refractivity contribution in [1.82, 2.24) is 5.32 Å². The second-order valence-corrected chi connectivity index (χ2v) is 7.20. The van der Waals surface area contributed by atoms with Gasteiger partial charge in [-0.05, 0) is 37.0 Å². The molecule has 4 heteroatoms. The van der Waals surface area contributed by atoms with E-state index in [1.807, 2.05) is 0 Å². The first-order valence-electron chi connectivity index (χ1n) is 5.40. The molecule has 0 aromatic rings. The third kappa shape index (κ3) is 2.70. The van der Waals surface area contributed by atoms with Gasteiger partial charge in [-0.25, -0.2) is 8.42 Å². The van der Waals surface area contributed by atoms with Crippen molar-refractivity contribution in [3.63, 3.8) is 0 Å². The summed E-state index contributed by atoms with van der Waals surface area (Å²) in [5.74, 6) is 1.22. The van der Waals surface area contributed by atoms with Crippen molar-refractivity contribution in [2.75, 3.05) is 25.1 Å². The summed E-state index contributed by atoms with van der Waals surface area (Å²) in [6, 6.07) is 0. The minimum atomic E-state index is -2.79. The smallest absolute Gasteiger partial charge is 0.148 e. The Morgan fingerprint density at radius 1 is 1.36 bits per heavy atom. The summed E-state index contributed by atoms with van der Waals surface area (Å²) >= 11 is 0. The number of hydrogen-bond donors (Lipinski definition) is 1. The van der Waals surface area contributed by atoms with E-state index in [1.165, 1.54) is 31.9 Å². The second-order valence-electron chi connectivity index (χ2n) is 4.94. The summed E-state index contributed by atoms with van der Waals surface area (Å²) in [7, 11) is -2.79. The number of sulfone groups is 1. The van der Waals surface area contributed by atoms with Crippen LogP contribution in [0.15, 0.2) is 0 Å². The zero-order valence-corrected chi connectivity index (χ0v) is 9.57. The Morgan fingerprint density at radius 2 is 2.00 bits per heavy atom. The molecule has 82 valence electrons. The lowest BCUT2D eigenvalue weighted by Gasteiger charge is -2.14. The van der Waals surface area contributed by atoms with Gasteiger partial charge in [0.05, 0.1) is 5.75 Å². The second kappa shape index (κ2) is 3.49. The number of rotatable bonds is 6.